The molecule has 16 nitrogen and oxygen atoms in total. The van der Waals surface area contributed by atoms with Gasteiger partial charge in [0.05, 0.1) is 69.9 Å². The first-order chi connectivity index (χ1) is 22.5. The molecule has 0 radical (unpaired) electrons. The Morgan fingerprint density at radius 1 is 0.750 bits per heavy atom. The van der Waals surface area contributed by atoms with Crippen molar-refractivity contribution in [2.24, 2.45) is 7.05 Å². The van der Waals surface area contributed by atoms with E-state index < -0.39 is 45.1 Å². The molecule has 0 aliphatic carbocycles. The Morgan fingerprint density at radius 2 is 1.15 bits per heavy atom. The summed E-state index contributed by atoms with van der Waals surface area (Å²) >= 11 is 0. The van der Waals surface area contributed by atoms with Crippen molar-refractivity contribution >= 4 is 49.3 Å². The molecule has 2 N–H and O–H groups in total. The Morgan fingerprint density at radius 3 is 1.46 bits per heavy atom. The van der Waals surface area contributed by atoms with E-state index >= 15 is 0 Å². The van der Waals surface area contributed by atoms with Gasteiger partial charge in [-0.1, -0.05) is 35.4 Å². The number of carbonyl (C=O) groups is 3. The highest BCUT2D eigenvalue weighted by Crippen LogP contribution is 2.22. The SMILES string of the molecule is CCC(O)Cn1c(=O)n(C)c(=O)n(CC(O)CC)c1=O.COC(=O)CCSSCCC(=O)OC.COC(=O)c1ccc(S(C)(=O)=O)cc1. The van der Waals surface area contributed by atoms with Gasteiger partial charge in [-0.2, -0.15) is 0 Å². The summed E-state index contributed by atoms with van der Waals surface area (Å²) in [5.41, 5.74) is -2.01. The third kappa shape index (κ3) is 16.1. The maximum atomic E-state index is 12.2. The lowest BCUT2D eigenvalue weighted by Crippen LogP contribution is -2.55. The zero-order valence-corrected chi connectivity index (χ0v) is 30.5. The van der Waals surface area contributed by atoms with Crippen LogP contribution in [0, 0.1) is 0 Å². The second kappa shape index (κ2) is 23.0. The highest BCUT2D eigenvalue weighted by molar-refractivity contribution is 8.76. The summed E-state index contributed by atoms with van der Waals surface area (Å²) in [5.74, 6) is 0.527. The number of nitrogens with zero attached hydrogens (tertiary/aromatic N) is 3. The molecule has 0 aliphatic rings. The van der Waals surface area contributed by atoms with Crippen molar-refractivity contribution in [1.82, 2.24) is 13.7 Å². The highest BCUT2D eigenvalue weighted by atomic mass is 33.1. The molecule has 2 rings (SSSR count). The maximum Gasteiger partial charge on any atom is 0.337 e. The lowest BCUT2D eigenvalue weighted by Gasteiger charge is -2.15. The molecule has 272 valence electrons. The van der Waals surface area contributed by atoms with Gasteiger partial charge in [0.1, 0.15) is 0 Å². The van der Waals surface area contributed by atoms with Crippen molar-refractivity contribution in [1.29, 1.82) is 0 Å². The monoisotopic (exact) mass is 739 g/mol. The number of hydrogen-bond acceptors (Lipinski definition) is 15. The van der Waals surface area contributed by atoms with Crippen LogP contribution in [-0.2, 0) is 53.8 Å². The molecular weight excluding hydrogens is 695 g/mol. The molecule has 0 aliphatic heterocycles. The number of aliphatic hydroxyl groups is 2. The minimum absolute atomic E-state index is 0.176. The van der Waals surface area contributed by atoms with E-state index in [1.807, 2.05) is 0 Å². The van der Waals surface area contributed by atoms with Gasteiger partial charge >= 0.3 is 35.0 Å². The van der Waals surface area contributed by atoms with Crippen molar-refractivity contribution < 1.29 is 47.2 Å². The van der Waals surface area contributed by atoms with E-state index in [9.17, 15) is 47.4 Å². The van der Waals surface area contributed by atoms with Crippen LogP contribution in [0.25, 0.3) is 0 Å². The summed E-state index contributed by atoms with van der Waals surface area (Å²) in [4.78, 5) is 68.5. The fourth-order valence-corrected chi connectivity index (χ4v) is 5.85. The number of carbonyl (C=O) groups excluding carboxylic acids is 3. The lowest BCUT2D eigenvalue weighted by atomic mass is 10.2. The number of rotatable bonds is 15. The summed E-state index contributed by atoms with van der Waals surface area (Å²) in [7, 11) is 5.18. The minimum Gasteiger partial charge on any atom is -0.469 e. The smallest absolute Gasteiger partial charge is 0.337 e. The van der Waals surface area contributed by atoms with Crippen molar-refractivity contribution in [2.75, 3.05) is 39.1 Å². The van der Waals surface area contributed by atoms with E-state index in [0.717, 1.165) is 20.0 Å². The van der Waals surface area contributed by atoms with E-state index in [1.165, 1.54) is 52.6 Å². The standard InChI is InChI=1S/C12H21N3O5.C9H10O4S.C8H14O4S2/c1-4-8(16)6-14-10(18)13(3)11(19)15(12(14)20)7-9(17)5-2;1-13-9(10)7-3-5-8(6-4-7)14(2,11)12;1-11-7(9)3-5-13-14-6-4-8(10)12-2/h8-9,16-17H,4-7H2,1-3H3;3-6H,1-2H3;3-6H2,1-2H3. The second-order valence-corrected chi connectivity index (χ2v) is 14.6. The first-order valence-corrected chi connectivity index (χ1v) is 18.9. The van der Waals surface area contributed by atoms with Crippen LogP contribution in [0.1, 0.15) is 49.9 Å². The number of esters is 3. The number of methoxy groups -OCH3 is 3. The van der Waals surface area contributed by atoms with Crippen LogP contribution in [0.2, 0.25) is 0 Å². The number of sulfone groups is 1. The molecule has 48 heavy (non-hydrogen) atoms. The largest absolute Gasteiger partial charge is 0.469 e. The number of ether oxygens (including phenoxy) is 3. The fourth-order valence-electron chi connectivity index (χ4n) is 3.27. The van der Waals surface area contributed by atoms with Crippen LogP contribution >= 0.6 is 21.6 Å². The zero-order valence-electron chi connectivity index (χ0n) is 28.1. The minimum atomic E-state index is -3.20. The van der Waals surface area contributed by atoms with Crippen molar-refractivity contribution in [3.8, 4) is 0 Å². The van der Waals surface area contributed by atoms with Crippen LogP contribution in [0.3, 0.4) is 0 Å². The van der Waals surface area contributed by atoms with Gasteiger partial charge in [0.15, 0.2) is 9.84 Å². The Balaban J connectivity index is 0.000000709. The Labute approximate surface area is 286 Å². The Hall–Kier alpha value is -3.39. The van der Waals surface area contributed by atoms with Gasteiger partial charge < -0.3 is 24.4 Å². The van der Waals surface area contributed by atoms with E-state index in [0.29, 0.717) is 42.8 Å². The molecule has 19 heteroatoms. The summed E-state index contributed by atoms with van der Waals surface area (Å²) in [5, 5.41) is 19.2. The van der Waals surface area contributed by atoms with Gasteiger partial charge in [0.2, 0.25) is 0 Å². The van der Waals surface area contributed by atoms with Crippen molar-refractivity contribution in [2.45, 2.75) is 69.7 Å². The van der Waals surface area contributed by atoms with Crippen LogP contribution in [-0.4, -0.2) is 102 Å². The number of benzene rings is 1. The molecule has 1 aromatic heterocycles. The molecule has 2 aromatic rings. The van der Waals surface area contributed by atoms with Gasteiger partial charge in [-0.15, -0.1) is 0 Å². The molecule has 0 saturated heterocycles. The Kier molecular flexibility index (Phi) is 21.4. The lowest BCUT2D eigenvalue weighted by molar-refractivity contribution is -0.141. The van der Waals surface area contributed by atoms with Crippen molar-refractivity contribution in [3.05, 3.63) is 61.3 Å². The van der Waals surface area contributed by atoms with Crippen LogP contribution in [0.4, 0.5) is 0 Å². The van der Waals surface area contributed by atoms with Crippen LogP contribution < -0.4 is 17.1 Å². The predicted octanol–water partition coefficient (Wildman–Crippen LogP) is 0.621. The van der Waals surface area contributed by atoms with Gasteiger partial charge in [-0.25, -0.2) is 41.3 Å². The average Bonchev–Trinajstić information content (AvgIpc) is 3.08. The first-order valence-electron chi connectivity index (χ1n) is 14.5. The molecule has 1 aromatic carbocycles. The summed E-state index contributed by atoms with van der Waals surface area (Å²) in [6, 6.07) is 5.59. The van der Waals surface area contributed by atoms with E-state index in [1.54, 1.807) is 35.4 Å². The topological polar surface area (TPSA) is 219 Å². The normalized spacial score (nSPS) is 11.9. The molecule has 0 amide bonds. The summed E-state index contributed by atoms with van der Waals surface area (Å²) < 4.78 is 38.0. The number of aromatic nitrogens is 3. The Bertz CT molecular complexity index is 1530. The summed E-state index contributed by atoms with van der Waals surface area (Å²) in [6.45, 7) is 3.09. The molecule has 0 fully saturated rings. The predicted molar refractivity (Wildman–Crippen MR) is 182 cm³/mol. The van der Waals surface area contributed by atoms with Gasteiger partial charge in [0.25, 0.3) is 0 Å². The average molecular weight is 740 g/mol. The van der Waals surface area contributed by atoms with Gasteiger partial charge in [-0.05, 0) is 37.1 Å². The third-order valence-electron chi connectivity index (χ3n) is 6.25. The van der Waals surface area contributed by atoms with E-state index in [4.69, 9.17) is 0 Å². The van der Waals surface area contributed by atoms with Crippen LogP contribution in [0.15, 0.2) is 43.5 Å². The first kappa shape index (κ1) is 44.6. The molecule has 0 bridgehead atoms. The molecule has 0 spiro atoms. The number of hydrogen-bond donors (Lipinski definition) is 2. The fraction of sp³-hybridized carbons (Fsp3) is 0.586. The second-order valence-electron chi connectivity index (χ2n) is 9.84. The molecule has 0 saturated carbocycles. The highest BCUT2D eigenvalue weighted by Gasteiger charge is 2.17. The van der Waals surface area contributed by atoms with E-state index in [-0.39, 0.29) is 29.9 Å². The molecular formula is C29H45N3O13S3. The van der Waals surface area contributed by atoms with Crippen molar-refractivity contribution in [3.63, 3.8) is 0 Å². The van der Waals surface area contributed by atoms with E-state index in [2.05, 4.69) is 14.2 Å². The molecule has 1 heterocycles. The van der Waals surface area contributed by atoms with Gasteiger partial charge in [-0.3, -0.25) is 9.59 Å². The quantitative estimate of drug-likeness (QED) is 0.111. The molecule has 2 unspecified atom stereocenters. The van der Waals surface area contributed by atoms with Gasteiger partial charge in [0, 0.05) is 24.8 Å². The van der Waals surface area contributed by atoms with Crippen LogP contribution in [0.5, 0.6) is 0 Å². The zero-order chi connectivity index (χ0) is 37.0. The molecule has 2 atom stereocenters. The summed E-state index contributed by atoms with van der Waals surface area (Å²) in [6.07, 6.45) is 1.00. The maximum absolute atomic E-state index is 12.2. The third-order valence-corrected chi connectivity index (χ3v) is 9.78. The number of aliphatic hydroxyl groups excluding tert-OH is 2.